The highest BCUT2D eigenvalue weighted by molar-refractivity contribution is 6.31. The molecule has 0 atom stereocenters. The number of phenolic OH excluding ortho intramolecular Hbond substituents is 1. The van der Waals surface area contributed by atoms with Gasteiger partial charge in [-0.25, -0.2) is 0 Å². The number of phenols is 1. The van der Waals surface area contributed by atoms with Crippen LogP contribution in [0.4, 0.5) is 0 Å². The number of hydrogen-bond donors (Lipinski definition) is 1. The zero-order valence-electron chi connectivity index (χ0n) is 9.00. The lowest BCUT2D eigenvalue weighted by Gasteiger charge is -1.94. The Hall–Kier alpha value is -2.27. The SMILES string of the molecule is Oc1cccc(-c2noc(-c3ccoc3Cl)n2)c1. The summed E-state index contributed by atoms with van der Waals surface area (Å²) in [7, 11) is 0. The summed E-state index contributed by atoms with van der Waals surface area (Å²) in [6.07, 6.45) is 1.44. The maximum absolute atomic E-state index is 9.39. The van der Waals surface area contributed by atoms with Crippen LogP contribution in [-0.4, -0.2) is 15.2 Å². The molecule has 0 saturated carbocycles. The zero-order valence-corrected chi connectivity index (χ0v) is 9.76. The number of aromatic hydroxyl groups is 1. The van der Waals surface area contributed by atoms with Crippen LogP contribution in [0, 0.1) is 0 Å². The molecule has 0 unspecified atom stereocenters. The lowest BCUT2D eigenvalue weighted by atomic mass is 10.2. The smallest absolute Gasteiger partial charge is 0.263 e. The summed E-state index contributed by atoms with van der Waals surface area (Å²) in [6, 6.07) is 8.22. The molecule has 0 aliphatic heterocycles. The van der Waals surface area contributed by atoms with Gasteiger partial charge in [-0.1, -0.05) is 17.3 Å². The van der Waals surface area contributed by atoms with E-state index in [0.717, 1.165) is 0 Å². The highest BCUT2D eigenvalue weighted by atomic mass is 35.5. The maximum atomic E-state index is 9.39. The van der Waals surface area contributed by atoms with E-state index in [4.69, 9.17) is 20.5 Å². The zero-order chi connectivity index (χ0) is 12.5. The monoisotopic (exact) mass is 262 g/mol. The first kappa shape index (κ1) is 10.9. The molecule has 0 saturated heterocycles. The minimum absolute atomic E-state index is 0.139. The molecule has 0 spiro atoms. The van der Waals surface area contributed by atoms with Crippen molar-refractivity contribution in [3.8, 4) is 28.6 Å². The molecule has 2 heterocycles. The standard InChI is InChI=1S/C12H7ClN2O3/c13-10-9(4-5-17-10)12-14-11(15-18-12)7-2-1-3-8(16)6-7/h1-6,16H. The molecule has 3 rings (SSSR count). The third kappa shape index (κ3) is 1.84. The van der Waals surface area contributed by atoms with Gasteiger partial charge in [0.25, 0.3) is 5.89 Å². The van der Waals surface area contributed by atoms with E-state index in [2.05, 4.69) is 10.1 Å². The molecule has 18 heavy (non-hydrogen) atoms. The molecule has 1 aromatic carbocycles. The number of halogens is 1. The Kier molecular flexibility index (Phi) is 2.53. The first-order valence-corrected chi connectivity index (χ1v) is 5.48. The summed E-state index contributed by atoms with van der Waals surface area (Å²) in [5.41, 5.74) is 1.19. The molecule has 0 bridgehead atoms. The molecule has 6 heteroatoms. The third-order valence-electron chi connectivity index (χ3n) is 2.38. The van der Waals surface area contributed by atoms with Crippen molar-refractivity contribution in [1.82, 2.24) is 10.1 Å². The van der Waals surface area contributed by atoms with Crippen molar-refractivity contribution in [3.05, 3.63) is 41.8 Å². The van der Waals surface area contributed by atoms with E-state index < -0.39 is 0 Å². The molecule has 0 fully saturated rings. The molecule has 2 aromatic heterocycles. The van der Waals surface area contributed by atoms with Crippen LogP contribution in [-0.2, 0) is 0 Å². The van der Waals surface area contributed by atoms with Gasteiger partial charge < -0.3 is 14.0 Å². The quantitative estimate of drug-likeness (QED) is 0.767. The largest absolute Gasteiger partial charge is 0.508 e. The van der Waals surface area contributed by atoms with Crippen LogP contribution in [0.5, 0.6) is 5.75 Å². The fourth-order valence-corrected chi connectivity index (χ4v) is 1.74. The van der Waals surface area contributed by atoms with Crippen LogP contribution in [0.25, 0.3) is 22.8 Å². The second-order valence-electron chi connectivity index (χ2n) is 3.58. The molecule has 0 aliphatic rings. The summed E-state index contributed by atoms with van der Waals surface area (Å²) in [4.78, 5) is 4.19. The van der Waals surface area contributed by atoms with E-state index in [1.807, 2.05) is 0 Å². The highest BCUT2D eigenvalue weighted by Crippen LogP contribution is 2.29. The van der Waals surface area contributed by atoms with Crippen molar-refractivity contribution in [2.24, 2.45) is 0 Å². The molecule has 0 amide bonds. The predicted octanol–water partition coefficient (Wildman–Crippen LogP) is 3.36. The highest BCUT2D eigenvalue weighted by Gasteiger charge is 2.15. The van der Waals surface area contributed by atoms with E-state index in [1.165, 1.54) is 6.26 Å². The van der Waals surface area contributed by atoms with Crippen molar-refractivity contribution in [2.75, 3.05) is 0 Å². The number of hydrogen-bond acceptors (Lipinski definition) is 5. The van der Waals surface area contributed by atoms with E-state index in [-0.39, 0.29) is 16.9 Å². The van der Waals surface area contributed by atoms with Crippen molar-refractivity contribution < 1.29 is 14.0 Å². The van der Waals surface area contributed by atoms with Crippen molar-refractivity contribution in [3.63, 3.8) is 0 Å². The molecule has 0 aliphatic carbocycles. The minimum atomic E-state index is 0.139. The van der Waals surface area contributed by atoms with Crippen LogP contribution in [0.15, 0.2) is 45.5 Å². The van der Waals surface area contributed by atoms with Crippen molar-refractivity contribution in [2.45, 2.75) is 0 Å². The van der Waals surface area contributed by atoms with Gasteiger partial charge in [-0.15, -0.1) is 0 Å². The summed E-state index contributed by atoms with van der Waals surface area (Å²) in [5, 5.41) is 13.4. The van der Waals surface area contributed by atoms with Crippen LogP contribution in [0.1, 0.15) is 0 Å². The molecular formula is C12H7ClN2O3. The van der Waals surface area contributed by atoms with E-state index >= 15 is 0 Å². The van der Waals surface area contributed by atoms with Crippen LogP contribution in [0.2, 0.25) is 5.22 Å². The normalized spacial score (nSPS) is 10.7. The molecular weight excluding hydrogens is 256 g/mol. The summed E-state index contributed by atoms with van der Waals surface area (Å²) < 4.78 is 10.0. The van der Waals surface area contributed by atoms with E-state index in [9.17, 15) is 5.11 Å². The first-order valence-electron chi connectivity index (χ1n) is 5.10. The van der Waals surface area contributed by atoms with Gasteiger partial charge in [-0.3, -0.25) is 0 Å². The van der Waals surface area contributed by atoms with Gasteiger partial charge in [0, 0.05) is 5.56 Å². The number of rotatable bonds is 2. The molecule has 3 aromatic rings. The van der Waals surface area contributed by atoms with Gasteiger partial charge in [-0.05, 0) is 29.8 Å². The van der Waals surface area contributed by atoms with Crippen LogP contribution >= 0.6 is 11.6 Å². The number of aromatic nitrogens is 2. The Morgan fingerprint density at radius 3 is 2.83 bits per heavy atom. The Bertz CT molecular complexity index is 690. The Morgan fingerprint density at radius 1 is 1.22 bits per heavy atom. The number of nitrogens with zero attached hydrogens (tertiary/aromatic N) is 2. The summed E-state index contributed by atoms with van der Waals surface area (Å²) in [6.45, 7) is 0. The van der Waals surface area contributed by atoms with Crippen LogP contribution in [0.3, 0.4) is 0 Å². The molecule has 0 radical (unpaired) electrons. The van der Waals surface area contributed by atoms with Gasteiger partial charge in [0.1, 0.15) is 5.75 Å². The van der Waals surface area contributed by atoms with Crippen molar-refractivity contribution in [1.29, 1.82) is 0 Å². The van der Waals surface area contributed by atoms with Crippen LogP contribution < -0.4 is 0 Å². The molecule has 5 nitrogen and oxygen atoms in total. The second kappa shape index (κ2) is 4.19. The Balaban J connectivity index is 2.02. The molecule has 1 N–H and O–H groups in total. The van der Waals surface area contributed by atoms with Gasteiger partial charge in [0.15, 0.2) is 0 Å². The second-order valence-corrected chi connectivity index (χ2v) is 3.92. The van der Waals surface area contributed by atoms with Gasteiger partial charge in [0.05, 0.1) is 11.8 Å². The summed E-state index contributed by atoms with van der Waals surface area (Å²) in [5.74, 6) is 0.783. The van der Waals surface area contributed by atoms with Gasteiger partial charge >= 0.3 is 0 Å². The minimum Gasteiger partial charge on any atom is -0.508 e. The number of benzene rings is 1. The summed E-state index contributed by atoms with van der Waals surface area (Å²) >= 11 is 5.82. The topological polar surface area (TPSA) is 72.3 Å². The van der Waals surface area contributed by atoms with E-state index in [1.54, 1.807) is 30.3 Å². The van der Waals surface area contributed by atoms with Gasteiger partial charge in [0.2, 0.25) is 11.0 Å². The average Bonchev–Trinajstić information content (AvgIpc) is 2.97. The van der Waals surface area contributed by atoms with Crippen molar-refractivity contribution >= 4 is 11.6 Å². The first-order chi connectivity index (χ1) is 8.74. The third-order valence-corrected chi connectivity index (χ3v) is 2.67. The Morgan fingerprint density at radius 2 is 2.11 bits per heavy atom. The Labute approximate surface area is 107 Å². The van der Waals surface area contributed by atoms with Gasteiger partial charge in [-0.2, -0.15) is 4.98 Å². The average molecular weight is 263 g/mol. The molecule has 90 valence electrons. The lowest BCUT2D eigenvalue weighted by Crippen LogP contribution is -1.80. The number of furan rings is 1. The fraction of sp³-hybridized carbons (Fsp3) is 0. The van der Waals surface area contributed by atoms with E-state index in [0.29, 0.717) is 17.0 Å². The lowest BCUT2D eigenvalue weighted by molar-refractivity contribution is 0.431. The fourth-order valence-electron chi connectivity index (χ4n) is 1.54. The predicted molar refractivity (Wildman–Crippen MR) is 64.1 cm³/mol. The maximum Gasteiger partial charge on any atom is 0.263 e.